The average molecular weight is 520 g/mol. The fraction of sp³-hybridized carbons (Fsp3) is 0.560. The van der Waals surface area contributed by atoms with Crippen LogP contribution >= 0.6 is 0 Å². The SMILES string of the molecule is Cc1c(Oc2ccc(CC3COS(=O)OC3)cc2)ncnc1O[C@H]1CCN(C(=O)O)[C@@H](C(C)(C)C)C1. The molecule has 1 aromatic carbocycles. The van der Waals surface area contributed by atoms with Crippen LogP contribution in [0, 0.1) is 18.3 Å². The lowest BCUT2D eigenvalue weighted by atomic mass is 9.80. The van der Waals surface area contributed by atoms with Crippen molar-refractivity contribution in [1.29, 1.82) is 0 Å². The summed E-state index contributed by atoms with van der Waals surface area (Å²) in [6.07, 6.45) is 2.28. The van der Waals surface area contributed by atoms with E-state index in [-0.39, 0.29) is 23.5 Å². The number of ether oxygens (including phenoxy) is 2. The summed E-state index contributed by atoms with van der Waals surface area (Å²) in [4.78, 5) is 21.8. The standard InChI is InChI=1S/C25H33N3O7S/c1-16-22(34-19-7-5-17(6-8-19)11-18-13-32-36(31)33-14-18)26-15-27-23(16)35-20-9-10-28(24(29)30)21(12-20)25(2,3)4/h5-8,15,18,20-21H,9-14H2,1-4H3,(H,29,30)/t18?,20-,21+,36?/m0/s1. The van der Waals surface area contributed by atoms with Crippen molar-refractivity contribution < 1.29 is 31.9 Å². The van der Waals surface area contributed by atoms with Crippen molar-refractivity contribution in [2.24, 2.45) is 11.3 Å². The zero-order valence-corrected chi connectivity index (χ0v) is 21.8. The Kier molecular flexibility index (Phi) is 8.11. The molecule has 0 bridgehead atoms. The second kappa shape index (κ2) is 11.1. The summed E-state index contributed by atoms with van der Waals surface area (Å²) in [6.45, 7) is 9.20. The maximum atomic E-state index is 11.7. The fourth-order valence-electron chi connectivity index (χ4n) is 4.53. The molecule has 2 saturated heterocycles. The van der Waals surface area contributed by atoms with E-state index in [0.717, 1.165) is 12.0 Å². The molecule has 2 aliphatic heterocycles. The van der Waals surface area contributed by atoms with Gasteiger partial charge in [0.2, 0.25) is 11.8 Å². The van der Waals surface area contributed by atoms with Gasteiger partial charge in [-0.25, -0.2) is 14.8 Å². The third-order valence-electron chi connectivity index (χ3n) is 6.53. The number of carbonyl (C=O) groups is 1. The van der Waals surface area contributed by atoms with Crippen LogP contribution in [-0.2, 0) is 26.1 Å². The summed E-state index contributed by atoms with van der Waals surface area (Å²) in [6, 6.07) is 7.53. The minimum absolute atomic E-state index is 0.151. The second-order valence-electron chi connectivity index (χ2n) is 10.3. The van der Waals surface area contributed by atoms with Gasteiger partial charge >= 0.3 is 17.5 Å². The number of aromatic nitrogens is 2. The van der Waals surface area contributed by atoms with E-state index in [2.05, 4.69) is 9.97 Å². The van der Waals surface area contributed by atoms with E-state index in [9.17, 15) is 14.1 Å². The highest BCUT2D eigenvalue weighted by Gasteiger charge is 2.39. The summed E-state index contributed by atoms with van der Waals surface area (Å²) in [7, 11) is 0. The molecule has 2 atom stereocenters. The molecular formula is C25H33N3O7S. The molecule has 0 saturated carbocycles. The molecule has 2 aromatic rings. The topological polar surface area (TPSA) is 120 Å². The molecule has 1 aromatic heterocycles. The van der Waals surface area contributed by atoms with Gasteiger partial charge in [-0.2, -0.15) is 4.21 Å². The summed E-state index contributed by atoms with van der Waals surface area (Å²) in [5, 5.41) is 9.60. The van der Waals surface area contributed by atoms with Gasteiger partial charge in [0, 0.05) is 31.3 Å². The van der Waals surface area contributed by atoms with Crippen LogP contribution in [0.2, 0.25) is 0 Å². The molecule has 0 radical (unpaired) electrons. The first kappa shape index (κ1) is 26.3. The van der Waals surface area contributed by atoms with Gasteiger partial charge in [0.1, 0.15) is 18.2 Å². The Morgan fingerprint density at radius 1 is 1.17 bits per heavy atom. The highest BCUT2D eigenvalue weighted by atomic mass is 32.2. The van der Waals surface area contributed by atoms with E-state index >= 15 is 0 Å². The van der Waals surface area contributed by atoms with Gasteiger partial charge < -0.3 is 19.5 Å². The maximum absolute atomic E-state index is 11.7. The first-order valence-corrected chi connectivity index (χ1v) is 13.0. The molecule has 3 heterocycles. The van der Waals surface area contributed by atoms with Crippen molar-refractivity contribution >= 4 is 17.5 Å². The Bertz CT molecular complexity index is 1080. The molecule has 10 nitrogen and oxygen atoms in total. The van der Waals surface area contributed by atoms with Crippen molar-refractivity contribution in [3.05, 3.63) is 41.7 Å². The van der Waals surface area contributed by atoms with Crippen molar-refractivity contribution in [3.63, 3.8) is 0 Å². The second-order valence-corrected chi connectivity index (χ2v) is 11.2. The average Bonchev–Trinajstić information content (AvgIpc) is 2.83. The highest BCUT2D eigenvalue weighted by Crippen LogP contribution is 2.35. The Morgan fingerprint density at radius 3 is 2.47 bits per heavy atom. The van der Waals surface area contributed by atoms with Crippen LogP contribution in [0.25, 0.3) is 0 Å². The Balaban J connectivity index is 1.39. The van der Waals surface area contributed by atoms with E-state index in [4.69, 9.17) is 17.8 Å². The third-order valence-corrected chi connectivity index (χ3v) is 7.19. The van der Waals surface area contributed by atoms with Crippen molar-refractivity contribution in [2.75, 3.05) is 19.8 Å². The summed E-state index contributed by atoms with van der Waals surface area (Å²) in [5.41, 5.74) is 1.56. The van der Waals surface area contributed by atoms with Gasteiger partial charge in [0.05, 0.1) is 18.8 Å². The molecule has 2 fully saturated rings. The highest BCUT2D eigenvalue weighted by molar-refractivity contribution is 7.75. The fourth-order valence-corrected chi connectivity index (χ4v) is 5.21. The number of benzene rings is 1. The van der Waals surface area contributed by atoms with Crippen LogP contribution in [0.3, 0.4) is 0 Å². The number of hydrogen-bond donors (Lipinski definition) is 1. The summed E-state index contributed by atoms with van der Waals surface area (Å²) >= 11 is -1.63. The van der Waals surface area contributed by atoms with E-state index < -0.39 is 17.5 Å². The van der Waals surface area contributed by atoms with Gasteiger partial charge in [-0.3, -0.25) is 8.37 Å². The predicted molar refractivity (Wildman–Crippen MR) is 132 cm³/mol. The molecule has 4 rings (SSSR count). The van der Waals surface area contributed by atoms with Crippen LogP contribution < -0.4 is 9.47 Å². The molecule has 0 unspecified atom stereocenters. The molecular weight excluding hydrogens is 486 g/mol. The molecule has 1 N–H and O–H groups in total. The van der Waals surface area contributed by atoms with E-state index in [1.54, 1.807) is 0 Å². The van der Waals surface area contributed by atoms with Crippen molar-refractivity contribution in [3.8, 4) is 17.5 Å². The smallest absolute Gasteiger partial charge is 0.407 e. The number of rotatable bonds is 6. The van der Waals surface area contributed by atoms with E-state index in [1.165, 1.54) is 11.2 Å². The third kappa shape index (κ3) is 6.51. The van der Waals surface area contributed by atoms with E-state index in [0.29, 0.717) is 55.7 Å². The van der Waals surface area contributed by atoms with E-state index in [1.807, 2.05) is 52.0 Å². The largest absolute Gasteiger partial charge is 0.474 e. The zero-order chi connectivity index (χ0) is 25.9. The summed E-state index contributed by atoms with van der Waals surface area (Å²) < 4.78 is 33.5. The van der Waals surface area contributed by atoms with Crippen molar-refractivity contribution in [2.45, 2.75) is 59.1 Å². The molecule has 0 spiro atoms. The molecule has 1 amide bonds. The zero-order valence-electron chi connectivity index (χ0n) is 21.0. The first-order valence-electron chi connectivity index (χ1n) is 12.0. The number of carboxylic acid groups (broad SMARTS) is 1. The van der Waals surface area contributed by atoms with Crippen LogP contribution in [0.5, 0.6) is 17.5 Å². The Labute approximate surface area is 213 Å². The van der Waals surface area contributed by atoms with Crippen LogP contribution in [-0.4, -0.2) is 62.2 Å². The van der Waals surface area contributed by atoms with Gasteiger partial charge in [-0.1, -0.05) is 32.9 Å². The molecule has 0 aliphatic carbocycles. The molecule has 196 valence electrons. The number of amides is 1. The Hall–Kier alpha value is -2.76. The summed E-state index contributed by atoms with van der Waals surface area (Å²) in [5.74, 6) is 1.62. The lowest BCUT2D eigenvalue weighted by molar-refractivity contribution is 0.0113. The molecule has 11 heteroatoms. The lowest BCUT2D eigenvalue weighted by Crippen LogP contribution is -2.53. The number of likely N-dealkylation sites (tertiary alicyclic amines) is 1. The minimum Gasteiger partial charge on any atom is -0.474 e. The van der Waals surface area contributed by atoms with Crippen LogP contribution in [0.1, 0.15) is 44.7 Å². The van der Waals surface area contributed by atoms with Gasteiger partial charge in [0.15, 0.2) is 0 Å². The minimum atomic E-state index is -1.63. The van der Waals surface area contributed by atoms with Gasteiger partial charge in [-0.15, -0.1) is 0 Å². The number of piperidine rings is 1. The van der Waals surface area contributed by atoms with Gasteiger partial charge in [0.25, 0.3) is 0 Å². The van der Waals surface area contributed by atoms with Crippen LogP contribution in [0.15, 0.2) is 30.6 Å². The quantitative estimate of drug-likeness (QED) is 0.595. The monoisotopic (exact) mass is 519 g/mol. The Morgan fingerprint density at radius 2 is 1.83 bits per heavy atom. The molecule has 2 aliphatic rings. The normalized spacial score (nSPS) is 24.8. The van der Waals surface area contributed by atoms with Gasteiger partial charge in [-0.05, 0) is 36.5 Å². The first-order chi connectivity index (χ1) is 17.1. The maximum Gasteiger partial charge on any atom is 0.407 e. The van der Waals surface area contributed by atoms with Crippen molar-refractivity contribution in [1.82, 2.24) is 14.9 Å². The number of hydrogen-bond acceptors (Lipinski definition) is 8. The lowest BCUT2D eigenvalue weighted by Gasteiger charge is -2.44. The molecule has 36 heavy (non-hydrogen) atoms. The predicted octanol–water partition coefficient (Wildman–Crippen LogP) is 4.30. The van der Waals surface area contributed by atoms with Crippen LogP contribution in [0.4, 0.5) is 4.79 Å². The number of nitrogens with zero attached hydrogens (tertiary/aromatic N) is 3.